The number of thioether (sulfide) groups is 1. The first kappa shape index (κ1) is 20.3. The minimum atomic E-state index is -0.869. The second kappa shape index (κ2) is 9.07. The van der Waals surface area contributed by atoms with Crippen molar-refractivity contribution in [2.24, 2.45) is 5.92 Å². The number of likely N-dealkylation sites (tertiary alicyclic amines) is 1. The number of rotatable bonds is 6. The Labute approximate surface area is 158 Å². The van der Waals surface area contributed by atoms with E-state index in [0.717, 1.165) is 4.90 Å². The fraction of sp³-hybridized carbons (Fsp3) is 0.526. The van der Waals surface area contributed by atoms with Crippen molar-refractivity contribution < 1.29 is 19.5 Å². The zero-order valence-corrected chi connectivity index (χ0v) is 16.3. The van der Waals surface area contributed by atoms with Gasteiger partial charge in [-0.3, -0.25) is 14.4 Å². The molecule has 0 spiro atoms. The third kappa shape index (κ3) is 5.24. The summed E-state index contributed by atoms with van der Waals surface area (Å²) in [5.41, 5.74) is 0.587. The second-order valence-corrected chi connectivity index (χ2v) is 8.46. The van der Waals surface area contributed by atoms with Crippen molar-refractivity contribution in [3.8, 4) is 0 Å². The van der Waals surface area contributed by atoms with E-state index < -0.39 is 11.9 Å². The highest BCUT2D eigenvalue weighted by Gasteiger charge is 2.29. The maximum atomic E-state index is 12.8. The second-order valence-electron chi connectivity index (χ2n) is 6.84. The zero-order chi connectivity index (χ0) is 19.3. The zero-order valence-electron chi connectivity index (χ0n) is 15.5. The minimum absolute atomic E-state index is 0.0498. The summed E-state index contributed by atoms with van der Waals surface area (Å²) in [6, 6.07) is 7.40. The Morgan fingerprint density at radius 3 is 2.65 bits per heavy atom. The van der Waals surface area contributed by atoms with Crippen LogP contribution >= 0.6 is 11.8 Å². The number of likely N-dealkylation sites (N-methyl/N-ethyl adjacent to an activating group) is 1. The van der Waals surface area contributed by atoms with Gasteiger partial charge in [0.1, 0.15) is 0 Å². The molecule has 1 aliphatic rings. The van der Waals surface area contributed by atoms with Gasteiger partial charge in [0.2, 0.25) is 5.91 Å². The maximum Gasteiger partial charge on any atom is 0.308 e. The van der Waals surface area contributed by atoms with Crippen LogP contribution in [0, 0.1) is 5.92 Å². The van der Waals surface area contributed by atoms with Crippen molar-refractivity contribution >= 4 is 29.5 Å². The van der Waals surface area contributed by atoms with E-state index in [9.17, 15) is 14.4 Å². The van der Waals surface area contributed by atoms with Gasteiger partial charge in [-0.15, -0.1) is 11.8 Å². The molecule has 0 aliphatic carbocycles. The number of carbonyl (C=O) groups is 3. The number of aliphatic carboxylic acids is 1. The molecule has 1 unspecified atom stereocenters. The molecule has 0 aromatic heterocycles. The first-order valence-electron chi connectivity index (χ1n) is 8.81. The van der Waals surface area contributed by atoms with Gasteiger partial charge in [0.15, 0.2) is 0 Å². The predicted molar refractivity (Wildman–Crippen MR) is 101 cm³/mol. The highest BCUT2D eigenvalue weighted by Crippen LogP contribution is 2.27. The number of hydrogen-bond acceptors (Lipinski definition) is 4. The number of nitrogens with zero attached hydrogens (tertiary/aromatic N) is 2. The number of carboxylic acid groups (broad SMARTS) is 1. The topological polar surface area (TPSA) is 77.9 Å². The van der Waals surface area contributed by atoms with Crippen LogP contribution in [0.1, 0.15) is 37.0 Å². The number of carbonyl (C=O) groups excluding carboxylic acids is 2. The molecule has 1 fully saturated rings. The van der Waals surface area contributed by atoms with Crippen molar-refractivity contribution in [1.82, 2.24) is 9.80 Å². The maximum absolute atomic E-state index is 12.8. The molecule has 1 saturated heterocycles. The summed E-state index contributed by atoms with van der Waals surface area (Å²) in [6.45, 7) is 4.84. The van der Waals surface area contributed by atoms with Crippen LogP contribution in [0.15, 0.2) is 29.2 Å². The van der Waals surface area contributed by atoms with Gasteiger partial charge in [0.25, 0.3) is 5.91 Å². The third-order valence-corrected chi connectivity index (χ3v) is 5.40. The van der Waals surface area contributed by atoms with Gasteiger partial charge >= 0.3 is 5.97 Å². The van der Waals surface area contributed by atoms with E-state index in [1.54, 1.807) is 29.8 Å². The summed E-state index contributed by atoms with van der Waals surface area (Å²) >= 11 is 1.61. The molecule has 1 aromatic rings. The van der Waals surface area contributed by atoms with Crippen molar-refractivity contribution in [3.63, 3.8) is 0 Å². The molecule has 142 valence electrons. The molecule has 1 aliphatic heterocycles. The van der Waals surface area contributed by atoms with E-state index in [1.165, 1.54) is 4.90 Å². The van der Waals surface area contributed by atoms with Crippen LogP contribution in [0.4, 0.5) is 0 Å². The Balaban J connectivity index is 2.03. The predicted octanol–water partition coefficient (Wildman–Crippen LogP) is 2.58. The van der Waals surface area contributed by atoms with Crippen molar-refractivity contribution in [2.75, 3.05) is 26.7 Å². The Kier molecular flexibility index (Phi) is 7.08. The Morgan fingerprint density at radius 1 is 1.31 bits per heavy atom. The molecule has 1 N–H and O–H groups in total. The van der Waals surface area contributed by atoms with Crippen LogP contribution in [-0.4, -0.2) is 64.6 Å². The third-order valence-electron chi connectivity index (χ3n) is 4.32. The first-order valence-corrected chi connectivity index (χ1v) is 9.69. The van der Waals surface area contributed by atoms with Gasteiger partial charge in [-0.25, -0.2) is 0 Å². The molecular weight excluding hydrogens is 352 g/mol. The number of carboxylic acids is 1. The van der Waals surface area contributed by atoms with Crippen LogP contribution in [0.5, 0.6) is 0 Å². The lowest BCUT2D eigenvalue weighted by atomic mass is 9.98. The molecule has 0 bridgehead atoms. The summed E-state index contributed by atoms with van der Waals surface area (Å²) in [7, 11) is 1.61. The van der Waals surface area contributed by atoms with Crippen LogP contribution in [0.25, 0.3) is 0 Å². The fourth-order valence-electron chi connectivity index (χ4n) is 2.99. The normalized spacial score (nSPS) is 17.2. The summed E-state index contributed by atoms with van der Waals surface area (Å²) in [4.78, 5) is 40.3. The molecule has 0 saturated carbocycles. The Morgan fingerprint density at radius 2 is 2.00 bits per heavy atom. The molecule has 2 amide bonds. The lowest BCUT2D eigenvalue weighted by Gasteiger charge is -2.32. The van der Waals surface area contributed by atoms with Crippen molar-refractivity contribution in [1.29, 1.82) is 0 Å². The first-order chi connectivity index (χ1) is 12.3. The summed E-state index contributed by atoms with van der Waals surface area (Å²) in [5, 5.41) is 9.50. The molecule has 2 rings (SSSR count). The molecule has 1 aromatic carbocycles. The smallest absolute Gasteiger partial charge is 0.308 e. The largest absolute Gasteiger partial charge is 0.481 e. The van der Waals surface area contributed by atoms with Crippen molar-refractivity contribution in [2.45, 2.75) is 36.8 Å². The van der Waals surface area contributed by atoms with E-state index in [4.69, 9.17) is 5.11 Å². The van der Waals surface area contributed by atoms with Crippen LogP contribution in [0.2, 0.25) is 0 Å². The highest BCUT2D eigenvalue weighted by atomic mass is 32.2. The fourth-order valence-corrected chi connectivity index (χ4v) is 3.93. The molecule has 7 heteroatoms. The standard InChI is InChI=1S/C19H26N2O4S/c1-13(2)26-16-9-5-4-8-15(16)18(23)20(3)12-17(22)21-10-6-7-14(11-21)19(24)25/h4-5,8-9,13-14H,6-7,10-12H2,1-3H3,(H,24,25). The van der Waals surface area contributed by atoms with E-state index in [0.29, 0.717) is 30.2 Å². The number of hydrogen-bond donors (Lipinski definition) is 1. The summed E-state index contributed by atoms with van der Waals surface area (Å²) in [6.07, 6.45) is 1.27. The lowest BCUT2D eigenvalue weighted by molar-refractivity contribution is -0.145. The summed E-state index contributed by atoms with van der Waals surface area (Å²) < 4.78 is 0. The van der Waals surface area contributed by atoms with Gasteiger partial charge in [-0.2, -0.15) is 0 Å². The Hall–Kier alpha value is -2.02. The average Bonchev–Trinajstić information content (AvgIpc) is 2.61. The van der Waals surface area contributed by atoms with Gasteiger partial charge in [-0.05, 0) is 25.0 Å². The quantitative estimate of drug-likeness (QED) is 0.770. The van der Waals surface area contributed by atoms with E-state index in [1.807, 2.05) is 18.2 Å². The number of piperidine rings is 1. The Bertz CT molecular complexity index is 677. The van der Waals surface area contributed by atoms with E-state index >= 15 is 0 Å². The van der Waals surface area contributed by atoms with E-state index in [2.05, 4.69) is 13.8 Å². The van der Waals surface area contributed by atoms with E-state index in [-0.39, 0.29) is 24.9 Å². The van der Waals surface area contributed by atoms with Crippen LogP contribution < -0.4 is 0 Å². The van der Waals surface area contributed by atoms with Gasteiger partial charge < -0.3 is 14.9 Å². The van der Waals surface area contributed by atoms with Crippen LogP contribution in [0.3, 0.4) is 0 Å². The SMILES string of the molecule is CC(C)Sc1ccccc1C(=O)N(C)CC(=O)N1CCCC(C(=O)O)C1. The highest BCUT2D eigenvalue weighted by molar-refractivity contribution is 8.00. The minimum Gasteiger partial charge on any atom is -0.481 e. The van der Waals surface area contributed by atoms with Crippen LogP contribution in [-0.2, 0) is 9.59 Å². The van der Waals surface area contributed by atoms with Gasteiger partial charge in [0.05, 0.1) is 18.0 Å². The van der Waals surface area contributed by atoms with Gasteiger partial charge in [-0.1, -0.05) is 26.0 Å². The van der Waals surface area contributed by atoms with Crippen molar-refractivity contribution in [3.05, 3.63) is 29.8 Å². The monoisotopic (exact) mass is 378 g/mol. The summed E-state index contributed by atoms with van der Waals surface area (Å²) in [5.74, 6) is -1.79. The molecule has 0 radical (unpaired) electrons. The lowest BCUT2D eigenvalue weighted by Crippen LogP contribution is -2.47. The molecular formula is C19H26N2O4S. The average molecular weight is 378 g/mol. The molecule has 1 atom stereocenters. The molecule has 26 heavy (non-hydrogen) atoms. The van der Waals surface area contributed by atoms with Gasteiger partial charge in [0, 0.05) is 30.3 Å². The number of benzene rings is 1. The molecule has 1 heterocycles. The number of amides is 2. The molecule has 6 nitrogen and oxygen atoms in total.